The maximum atomic E-state index is 3.70. The topological polar surface area (TPSA) is 3.24 Å². The number of anilines is 1. The van der Waals surface area contributed by atoms with Crippen LogP contribution in [-0.2, 0) is 0 Å². The molecule has 0 radical (unpaired) electrons. The van der Waals surface area contributed by atoms with E-state index in [0.717, 1.165) is 0 Å². The zero-order chi connectivity index (χ0) is 11.0. The number of hydrogen-bond donors (Lipinski definition) is 0. The van der Waals surface area contributed by atoms with Crippen LogP contribution >= 0.6 is 31.9 Å². The predicted octanol–water partition coefficient (Wildman–Crippen LogP) is 4.43. The van der Waals surface area contributed by atoms with E-state index in [9.17, 15) is 0 Å². The molecule has 0 amide bonds. The Kier molecular flexibility index (Phi) is 3.41. The average molecular weight is 333 g/mol. The fourth-order valence-electron chi connectivity index (χ4n) is 2.10. The van der Waals surface area contributed by atoms with Crippen LogP contribution in [-0.4, -0.2) is 13.1 Å². The third-order valence-electron chi connectivity index (χ3n) is 3.03. The van der Waals surface area contributed by atoms with Gasteiger partial charge in [0, 0.05) is 22.0 Å². The van der Waals surface area contributed by atoms with Gasteiger partial charge in [0.25, 0.3) is 0 Å². The maximum absolute atomic E-state index is 3.70. The lowest BCUT2D eigenvalue weighted by atomic mass is 10.1. The van der Waals surface area contributed by atoms with Crippen LogP contribution in [0.3, 0.4) is 0 Å². The molecule has 0 N–H and O–H groups in total. The van der Waals surface area contributed by atoms with Gasteiger partial charge < -0.3 is 4.90 Å². The van der Waals surface area contributed by atoms with E-state index in [2.05, 4.69) is 56.7 Å². The molecule has 3 heteroatoms. The van der Waals surface area contributed by atoms with Gasteiger partial charge in [-0.15, -0.1) is 0 Å². The van der Waals surface area contributed by atoms with Crippen molar-refractivity contribution in [2.75, 3.05) is 18.0 Å². The maximum Gasteiger partial charge on any atom is 0.0516 e. The van der Waals surface area contributed by atoms with Crippen molar-refractivity contribution in [3.63, 3.8) is 0 Å². The molecule has 0 bridgehead atoms. The predicted molar refractivity (Wildman–Crippen MR) is 72.8 cm³/mol. The summed E-state index contributed by atoms with van der Waals surface area (Å²) in [7, 11) is 0. The summed E-state index contributed by atoms with van der Waals surface area (Å²) < 4.78 is 2.46. The van der Waals surface area contributed by atoms with Gasteiger partial charge in [0.15, 0.2) is 0 Å². The molecule has 0 atom stereocenters. The highest BCUT2D eigenvalue weighted by atomic mass is 79.9. The molecule has 1 heterocycles. The molecule has 1 nitrogen and oxygen atoms in total. The van der Waals surface area contributed by atoms with E-state index in [4.69, 9.17) is 0 Å². The number of hydrogen-bond acceptors (Lipinski definition) is 1. The Morgan fingerprint density at radius 1 is 1.07 bits per heavy atom. The van der Waals surface area contributed by atoms with Crippen LogP contribution in [0.25, 0.3) is 0 Å². The van der Waals surface area contributed by atoms with Crippen molar-refractivity contribution in [1.29, 1.82) is 0 Å². The van der Waals surface area contributed by atoms with Gasteiger partial charge >= 0.3 is 0 Å². The van der Waals surface area contributed by atoms with Crippen LogP contribution in [0.15, 0.2) is 15.0 Å². The Morgan fingerprint density at radius 2 is 1.67 bits per heavy atom. The minimum absolute atomic E-state index is 1.19. The number of nitrogens with zero attached hydrogens (tertiary/aromatic N) is 1. The molecule has 0 saturated carbocycles. The highest BCUT2D eigenvalue weighted by Gasteiger charge is 2.17. The van der Waals surface area contributed by atoms with Crippen molar-refractivity contribution < 1.29 is 0 Å². The summed E-state index contributed by atoms with van der Waals surface area (Å²) in [6, 6.07) is 2.27. The summed E-state index contributed by atoms with van der Waals surface area (Å²) in [5.41, 5.74) is 3.97. The van der Waals surface area contributed by atoms with E-state index < -0.39 is 0 Å². The lowest BCUT2D eigenvalue weighted by Crippen LogP contribution is -2.18. The molecule has 1 aromatic carbocycles. The Morgan fingerprint density at radius 3 is 2.27 bits per heavy atom. The Hall–Kier alpha value is -0.0200. The lowest BCUT2D eigenvalue weighted by Gasteiger charge is -2.22. The van der Waals surface area contributed by atoms with Gasteiger partial charge in [0.05, 0.1) is 5.69 Å². The molecule has 1 aliphatic rings. The summed E-state index contributed by atoms with van der Waals surface area (Å²) in [6.07, 6.45) is 2.64. The first-order valence-electron chi connectivity index (χ1n) is 5.31. The van der Waals surface area contributed by atoms with Gasteiger partial charge in [-0.1, -0.05) is 15.9 Å². The van der Waals surface area contributed by atoms with Crippen LogP contribution in [0, 0.1) is 13.8 Å². The van der Waals surface area contributed by atoms with E-state index >= 15 is 0 Å². The summed E-state index contributed by atoms with van der Waals surface area (Å²) in [5.74, 6) is 0. The van der Waals surface area contributed by atoms with E-state index in [1.807, 2.05) is 0 Å². The molecule has 0 unspecified atom stereocenters. The van der Waals surface area contributed by atoms with Gasteiger partial charge in [-0.2, -0.15) is 0 Å². The van der Waals surface area contributed by atoms with Gasteiger partial charge in [-0.25, -0.2) is 0 Å². The van der Waals surface area contributed by atoms with E-state index in [0.29, 0.717) is 0 Å². The summed E-state index contributed by atoms with van der Waals surface area (Å²) in [5, 5.41) is 0. The van der Waals surface area contributed by atoms with E-state index in [1.54, 1.807) is 0 Å². The van der Waals surface area contributed by atoms with Crippen LogP contribution < -0.4 is 4.90 Å². The van der Waals surface area contributed by atoms with Crippen molar-refractivity contribution in [3.8, 4) is 0 Å². The fraction of sp³-hybridized carbons (Fsp3) is 0.500. The highest BCUT2D eigenvalue weighted by Crippen LogP contribution is 2.37. The summed E-state index contributed by atoms with van der Waals surface area (Å²) in [6.45, 7) is 6.70. The number of rotatable bonds is 1. The van der Waals surface area contributed by atoms with Crippen molar-refractivity contribution in [2.24, 2.45) is 0 Å². The second-order valence-electron chi connectivity index (χ2n) is 4.16. The second-order valence-corrected chi connectivity index (χ2v) is 5.75. The molecule has 2 rings (SSSR count). The van der Waals surface area contributed by atoms with Crippen LogP contribution in [0.5, 0.6) is 0 Å². The highest BCUT2D eigenvalue weighted by molar-refractivity contribution is 9.11. The molecule has 15 heavy (non-hydrogen) atoms. The molecule has 0 aromatic heterocycles. The first-order valence-corrected chi connectivity index (χ1v) is 6.90. The SMILES string of the molecule is Cc1cc(N2CCCC2)c(Br)c(C)c1Br. The largest absolute Gasteiger partial charge is 0.371 e. The van der Waals surface area contributed by atoms with Crippen molar-refractivity contribution in [1.82, 2.24) is 0 Å². The first-order chi connectivity index (χ1) is 7.11. The van der Waals surface area contributed by atoms with Crippen molar-refractivity contribution in [3.05, 3.63) is 26.1 Å². The quantitative estimate of drug-likeness (QED) is 0.735. The smallest absolute Gasteiger partial charge is 0.0516 e. The molecule has 0 spiro atoms. The average Bonchev–Trinajstić information content (AvgIpc) is 2.73. The molecular formula is C12H15Br2N. The molecule has 82 valence electrons. The number of halogens is 2. The van der Waals surface area contributed by atoms with Gasteiger partial charge in [-0.05, 0) is 59.8 Å². The zero-order valence-corrected chi connectivity index (χ0v) is 12.3. The number of aryl methyl sites for hydroxylation is 1. The van der Waals surface area contributed by atoms with Crippen LogP contribution in [0.4, 0.5) is 5.69 Å². The lowest BCUT2D eigenvalue weighted by molar-refractivity contribution is 0.949. The monoisotopic (exact) mass is 331 g/mol. The van der Waals surface area contributed by atoms with Gasteiger partial charge in [0.1, 0.15) is 0 Å². The standard InChI is InChI=1S/C12H15Br2N/c1-8-7-10(15-5-3-4-6-15)12(14)9(2)11(8)13/h7H,3-6H2,1-2H3. The molecule has 1 saturated heterocycles. The fourth-order valence-corrected chi connectivity index (χ4v) is 3.25. The normalized spacial score (nSPS) is 16.1. The van der Waals surface area contributed by atoms with E-state index in [1.165, 1.54) is 51.7 Å². The van der Waals surface area contributed by atoms with Gasteiger partial charge in [0.2, 0.25) is 0 Å². The van der Waals surface area contributed by atoms with Crippen molar-refractivity contribution in [2.45, 2.75) is 26.7 Å². The molecule has 1 fully saturated rings. The van der Waals surface area contributed by atoms with Crippen molar-refractivity contribution >= 4 is 37.5 Å². The van der Waals surface area contributed by atoms with Gasteiger partial charge in [-0.3, -0.25) is 0 Å². The molecule has 1 aliphatic heterocycles. The molecule has 0 aliphatic carbocycles. The van der Waals surface area contributed by atoms with E-state index in [-0.39, 0.29) is 0 Å². The third-order valence-corrected chi connectivity index (χ3v) is 5.25. The van der Waals surface area contributed by atoms with Crippen LogP contribution in [0.1, 0.15) is 24.0 Å². The second kappa shape index (κ2) is 4.46. The minimum atomic E-state index is 1.19. The first kappa shape index (κ1) is 11.5. The summed E-state index contributed by atoms with van der Waals surface area (Å²) in [4.78, 5) is 2.47. The molecule has 1 aromatic rings. The number of benzene rings is 1. The Balaban J connectivity index is 2.47. The Bertz CT molecular complexity index is 382. The molecular weight excluding hydrogens is 318 g/mol. The summed E-state index contributed by atoms with van der Waals surface area (Å²) >= 11 is 7.33. The Labute approximate surface area is 108 Å². The third kappa shape index (κ3) is 2.09. The minimum Gasteiger partial charge on any atom is -0.371 e. The zero-order valence-electron chi connectivity index (χ0n) is 9.11. The van der Waals surface area contributed by atoms with Crippen LogP contribution in [0.2, 0.25) is 0 Å².